The number of nitriles is 1. The first-order chi connectivity index (χ1) is 13.5. The predicted octanol–water partition coefficient (Wildman–Crippen LogP) is 1.46. The number of nitrogens with one attached hydrogen (secondary N) is 1. The molecule has 146 valence electrons. The summed E-state index contributed by atoms with van der Waals surface area (Å²) in [5.74, 6) is -0.162. The number of benzene rings is 1. The summed E-state index contributed by atoms with van der Waals surface area (Å²) in [6, 6.07) is 6.49. The second-order valence-electron chi connectivity index (χ2n) is 7.40. The second kappa shape index (κ2) is 7.52. The van der Waals surface area contributed by atoms with Crippen molar-refractivity contribution in [1.29, 1.82) is 5.26 Å². The molecule has 0 spiro atoms. The van der Waals surface area contributed by atoms with Crippen LogP contribution in [0, 0.1) is 11.3 Å². The number of phenolic OH excluding ortho intramolecular Hbond substituents is 1. The van der Waals surface area contributed by atoms with Gasteiger partial charge in [-0.15, -0.1) is 0 Å². The summed E-state index contributed by atoms with van der Waals surface area (Å²) in [6.45, 7) is 2.24. The van der Waals surface area contributed by atoms with Gasteiger partial charge in [-0.3, -0.25) is 14.5 Å². The summed E-state index contributed by atoms with van der Waals surface area (Å²) < 4.78 is 5.36. The lowest BCUT2D eigenvalue weighted by atomic mass is 10.1. The van der Waals surface area contributed by atoms with Crippen LogP contribution in [0.15, 0.2) is 28.9 Å². The highest BCUT2D eigenvalue weighted by Crippen LogP contribution is 2.25. The van der Waals surface area contributed by atoms with Gasteiger partial charge in [-0.1, -0.05) is 0 Å². The van der Waals surface area contributed by atoms with Gasteiger partial charge in [0, 0.05) is 37.1 Å². The normalized spacial score (nSPS) is 22.5. The first-order valence-corrected chi connectivity index (χ1v) is 9.47. The van der Waals surface area contributed by atoms with Gasteiger partial charge in [0.05, 0.1) is 18.2 Å². The number of likely N-dealkylation sites (tertiary alicyclic amines) is 2. The number of carbonyl (C=O) groups excluding carboxylic acids is 2. The highest BCUT2D eigenvalue weighted by molar-refractivity contribution is 6.06. The zero-order chi connectivity index (χ0) is 19.7. The van der Waals surface area contributed by atoms with Crippen molar-refractivity contribution >= 4 is 22.8 Å². The molecular formula is C20H22N4O4. The van der Waals surface area contributed by atoms with Crippen LogP contribution in [0.25, 0.3) is 11.0 Å². The molecule has 3 heterocycles. The molecule has 2 N–H and O–H groups in total. The van der Waals surface area contributed by atoms with Crippen molar-refractivity contribution in [3.8, 4) is 11.8 Å². The molecule has 8 nitrogen and oxygen atoms in total. The van der Waals surface area contributed by atoms with Crippen molar-refractivity contribution in [2.75, 3.05) is 26.2 Å². The van der Waals surface area contributed by atoms with E-state index < -0.39 is 0 Å². The summed E-state index contributed by atoms with van der Waals surface area (Å²) in [5.41, 5.74) is 0.889. The van der Waals surface area contributed by atoms with Crippen LogP contribution in [-0.2, 0) is 4.79 Å². The largest absolute Gasteiger partial charge is 0.508 e. The fourth-order valence-electron chi connectivity index (χ4n) is 4.03. The van der Waals surface area contributed by atoms with Crippen molar-refractivity contribution in [1.82, 2.24) is 15.1 Å². The molecule has 2 saturated heterocycles. The Hall–Kier alpha value is -3.05. The molecule has 2 fully saturated rings. The lowest BCUT2D eigenvalue weighted by Gasteiger charge is -2.23. The Bertz CT molecular complexity index is 947. The topological polar surface area (TPSA) is 110 Å². The summed E-state index contributed by atoms with van der Waals surface area (Å²) >= 11 is 0. The van der Waals surface area contributed by atoms with Gasteiger partial charge in [0.25, 0.3) is 5.91 Å². The summed E-state index contributed by atoms with van der Waals surface area (Å²) in [6.07, 6.45) is 3.78. The number of furan rings is 1. The van der Waals surface area contributed by atoms with E-state index in [9.17, 15) is 14.7 Å². The van der Waals surface area contributed by atoms with Crippen molar-refractivity contribution in [2.24, 2.45) is 0 Å². The Morgan fingerprint density at radius 2 is 2.18 bits per heavy atom. The Balaban J connectivity index is 1.33. The molecule has 2 amide bonds. The SMILES string of the molecule is N#CC1CCCN1C(=O)CN1CCC(NC(=O)c2coc3cc(O)ccc23)C1. The van der Waals surface area contributed by atoms with Crippen LogP contribution in [0.1, 0.15) is 29.6 Å². The molecule has 2 aliphatic rings. The van der Waals surface area contributed by atoms with Crippen molar-refractivity contribution < 1.29 is 19.1 Å². The molecule has 1 aromatic carbocycles. The fourth-order valence-corrected chi connectivity index (χ4v) is 4.03. The molecule has 2 unspecified atom stereocenters. The fraction of sp³-hybridized carbons (Fsp3) is 0.450. The minimum atomic E-state index is -0.306. The number of amides is 2. The summed E-state index contributed by atoms with van der Waals surface area (Å²) in [4.78, 5) is 28.8. The van der Waals surface area contributed by atoms with E-state index in [2.05, 4.69) is 11.4 Å². The number of aromatic hydroxyl groups is 1. The van der Waals surface area contributed by atoms with E-state index in [1.807, 2.05) is 4.90 Å². The minimum Gasteiger partial charge on any atom is -0.508 e. The number of fused-ring (bicyclic) bond motifs is 1. The number of phenols is 1. The van der Waals surface area contributed by atoms with E-state index in [1.165, 1.54) is 18.4 Å². The van der Waals surface area contributed by atoms with Crippen LogP contribution in [0.2, 0.25) is 0 Å². The Kier molecular flexibility index (Phi) is 4.92. The molecule has 0 saturated carbocycles. The number of nitrogens with zero attached hydrogens (tertiary/aromatic N) is 3. The average Bonchev–Trinajstić information content (AvgIpc) is 3.40. The van der Waals surface area contributed by atoms with E-state index >= 15 is 0 Å². The summed E-state index contributed by atoms with van der Waals surface area (Å²) in [7, 11) is 0. The van der Waals surface area contributed by atoms with Crippen molar-refractivity contribution in [3.05, 3.63) is 30.0 Å². The van der Waals surface area contributed by atoms with Gasteiger partial charge < -0.3 is 19.7 Å². The van der Waals surface area contributed by atoms with Gasteiger partial charge >= 0.3 is 0 Å². The number of hydrogen-bond acceptors (Lipinski definition) is 6. The molecule has 1 aromatic heterocycles. The Morgan fingerprint density at radius 1 is 1.32 bits per heavy atom. The van der Waals surface area contributed by atoms with Crippen LogP contribution in [0.3, 0.4) is 0 Å². The molecule has 0 bridgehead atoms. The lowest BCUT2D eigenvalue weighted by Crippen LogP contribution is -2.43. The highest BCUT2D eigenvalue weighted by atomic mass is 16.3. The number of rotatable bonds is 4. The quantitative estimate of drug-likeness (QED) is 0.828. The third-order valence-electron chi connectivity index (χ3n) is 5.49. The van der Waals surface area contributed by atoms with Gasteiger partial charge in [-0.05, 0) is 31.4 Å². The van der Waals surface area contributed by atoms with E-state index in [-0.39, 0.29) is 36.2 Å². The first kappa shape index (κ1) is 18.3. The molecule has 4 rings (SSSR count). The van der Waals surface area contributed by atoms with Crippen LogP contribution in [0.4, 0.5) is 0 Å². The molecule has 2 aromatic rings. The van der Waals surface area contributed by atoms with Gasteiger partial charge in [0.15, 0.2) is 0 Å². The predicted molar refractivity (Wildman–Crippen MR) is 101 cm³/mol. The molecular weight excluding hydrogens is 360 g/mol. The maximum absolute atomic E-state index is 12.6. The minimum absolute atomic E-state index is 0.0170. The summed E-state index contributed by atoms with van der Waals surface area (Å²) in [5, 5.41) is 22.3. The second-order valence-corrected chi connectivity index (χ2v) is 7.40. The van der Waals surface area contributed by atoms with Crippen LogP contribution >= 0.6 is 0 Å². The third-order valence-corrected chi connectivity index (χ3v) is 5.49. The third kappa shape index (κ3) is 3.53. The molecule has 0 radical (unpaired) electrons. The lowest BCUT2D eigenvalue weighted by molar-refractivity contribution is -0.132. The van der Waals surface area contributed by atoms with Crippen molar-refractivity contribution in [2.45, 2.75) is 31.3 Å². The molecule has 8 heteroatoms. The van der Waals surface area contributed by atoms with Crippen molar-refractivity contribution in [3.63, 3.8) is 0 Å². The van der Waals surface area contributed by atoms with Gasteiger partial charge in [-0.2, -0.15) is 5.26 Å². The zero-order valence-corrected chi connectivity index (χ0v) is 15.4. The Labute approximate surface area is 162 Å². The van der Waals surface area contributed by atoms with Gasteiger partial charge in [0.2, 0.25) is 5.91 Å². The van der Waals surface area contributed by atoms with E-state index in [4.69, 9.17) is 9.68 Å². The molecule has 2 aliphatic heterocycles. The Morgan fingerprint density at radius 3 is 3.00 bits per heavy atom. The van der Waals surface area contributed by atoms with E-state index in [0.717, 1.165) is 25.8 Å². The molecule has 2 atom stereocenters. The molecule has 0 aliphatic carbocycles. The number of carbonyl (C=O) groups is 2. The standard InChI is InChI=1S/C20H22N4O4/c21-9-14-2-1-6-24(14)19(26)11-23-7-5-13(10-23)22-20(27)17-12-28-18-8-15(25)3-4-16(17)18/h3-4,8,12-14,25H,1-2,5-7,10-11H2,(H,22,27). The van der Waals surface area contributed by atoms with Crippen LogP contribution < -0.4 is 5.32 Å². The van der Waals surface area contributed by atoms with E-state index in [1.54, 1.807) is 11.0 Å². The van der Waals surface area contributed by atoms with Gasteiger partial charge in [0.1, 0.15) is 23.6 Å². The average molecular weight is 382 g/mol. The van der Waals surface area contributed by atoms with Gasteiger partial charge in [-0.25, -0.2) is 0 Å². The first-order valence-electron chi connectivity index (χ1n) is 9.47. The van der Waals surface area contributed by atoms with Crippen LogP contribution in [-0.4, -0.2) is 65.0 Å². The maximum atomic E-state index is 12.6. The van der Waals surface area contributed by atoms with Crippen LogP contribution in [0.5, 0.6) is 5.75 Å². The smallest absolute Gasteiger partial charge is 0.255 e. The molecule has 28 heavy (non-hydrogen) atoms. The zero-order valence-electron chi connectivity index (χ0n) is 15.4. The maximum Gasteiger partial charge on any atom is 0.255 e. The van der Waals surface area contributed by atoms with E-state index in [0.29, 0.717) is 29.6 Å². The monoisotopic (exact) mass is 382 g/mol. The highest BCUT2D eigenvalue weighted by Gasteiger charge is 2.32. The number of hydrogen-bond donors (Lipinski definition) is 2.